The number of benzene rings is 1. The van der Waals surface area contributed by atoms with Crippen molar-refractivity contribution < 1.29 is 34.3 Å². The predicted octanol–water partition coefficient (Wildman–Crippen LogP) is 3.74. The van der Waals surface area contributed by atoms with Crippen molar-refractivity contribution in [3.8, 4) is 5.75 Å². The Balaban J connectivity index is 0.000000921. The molecule has 0 aliphatic rings. The van der Waals surface area contributed by atoms with Gasteiger partial charge in [-0.15, -0.1) is 6.07 Å². The summed E-state index contributed by atoms with van der Waals surface area (Å²) in [5.41, 5.74) is -0.476. The maximum absolute atomic E-state index is 12.3. The van der Waals surface area contributed by atoms with Crippen LogP contribution in [-0.4, -0.2) is 7.11 Å². The van der Waals surface area contributed by atoms with Crippen LogP contribution >= 0.6 is 13.6 Å². The van der Waals surface area contributed by atoms with Gasteiger partial charge >= 0.3 is 36.1 Å². The first-order chi connectivity index (χ1) is 6.95. The number of hydrogen-bond donors (Lipinski definition) is 0. The average Bonchev–Trinajstić information content (AvgIpc) is 2.19. The van der Waals surface area contributed by atoms with Gasteiger partial charge in [-0.25, -0.2) is 0 Å². The number of ether oxygens (including phenoxy) is 1. The Hall–Kier alpha value is -0.217. The van der Waals surface area contributed by atoms with Gasteiger partial charge in [0.05, 0.1) is 7.11 Å². The third kappa shape index (κ3) is 4.43. The summed E-state index contributed by atoms with van der Waals surface area (Å²) in [6.45, 7) is 3.41. The van der Waals surface area contributed by atoms with Crippen LogP contribution in [0, 0.1) is 6.92 Å². The molecule has 0 fully saturated rings. The molecule has 0 spiro atoms. The number of hydrogen-bond acceptors (Lipinski definition) is 1. The second-order valence-electron chi connectivity index (χ2n) is 2.53. The maximum atomic E-state index is 12.3. The van der Waals surface area contributed by atoms with Crippen LogP contribution in [0.15, 0.2) is 18.2 Å². The second-order valence-corrected chi connectivity index (χ2v) is 2.53. The van der Waals surface area contributed by atoms with Crippen molar-refractivity contribution in [2.24, 2.45) is 0 Å². The molecule has 1 nitrogen and oxygen atoms in total. The van der Waals surface area contributed by atoms with Crippen LogP contribution in [0.1, 0.15) is 11.1 Å². The fourth-order valence-electron chi connectivity index (χ4n) is 0.977. The van der Waals surface area contributed by atoms with E-state index in [4.69, 9.17) is 0 Å². The monoisotopic (exact) mass is 332 g/mol. The fraction of sp³-hybridized carbons (Fsp3) is 0.222. The molecule has 1 aromatic carbocycles. The molecular formula is C9H8BrF3OZn. The zero-order chi connectivity index (χ0) is 12.1. The van der Waals surface area contributed by atoms with E-state index in [0.29, 0.717) is 5.56 Å². The van der Waals surface area contributed by atoms with Gasteiger partial charge in [0, 0.05) is 5.56 Å². The third-order valence-electron chi connectivity index (χ3n) is 1.57. The molecule has 0 saturated heterocycles. The van der Waals surface area contributed by atoms with Gasteiger partial charge < -0.3 is 4.74 Å². The molecule has 15 heavy (non-hydrogen) atoms. The Labute approximate surface area is 103 Å². The van der Waals surface area contributed by atoms with Crippen molar-refractivity contribution in [2.45, 2.75) is 6.18 Å². The van der Waals surface area contributed by atoms with Gasteiger partial charge in [-0.3, -0.25) is 0 Å². The molecule has 0 aromatic heterocycles. The predicted molar refractivity (Wildman–Crippen MR) is 51.4 cm³/mol. The molecule has 0 bridgehead atoms. The quantitative estimate of drug-likeness (QED) is 0.561. The van der Waals surface area contributed by atoms with Gasteiger partial charge in [0.25, 0.3) is 0 Å². The van der Waals surface area contributed by atoms with Gasteiger partial charge in [0.1, 0.15) is 5.75 Å². The van der Waals surface area contributed by atoms with Crippen LogP contribution in [0.25, 0.3) is 0 Å². The molecule has 0 radical (unpaired) electrons. The van der Waals surface area contributed by atoms with Crippen LogP contribution in [0.2, 0.25) is 0 Å². The standard InChI is InChI=1S/C9H8F3O.BrH.Zn/c1-6-3-4-8(13-2)7(5-6)9(10,11)12;;/h3-5H,1H2,2H3;1H;/q-1;;+2/p-1. The molecule has 0 aliphatic carbocycles. The summed E-state index contributed by atoms with van der Waals surface area (Å²) in [5, 5.41) is 0. The Morgan fingerprint density at radius 3 is 2.27 bits per heavy atom. The number of alkyl halides is 3. The Morgan fingerprint density at radius 2 is 1.87 bits per heavy atom. The summed E-state index contributed by atoms with van der Waals surface area (Å²) in [7, 11) is 1.20. The Kier molecular flexibility index (Phi) is 6.29. The molecular weight excluding hydrogens is 326 g/mol. The topological polar surface area (TPSA) is 9.23 Å². The van der Waals surface area contributed by atoms with E-state index in [0.717, 1.165) is 6.07 Å². The van der Waals surface area contributed by atoms with Crippen LogP contribution in [-0.2, 0) is 22.5 Å². The zero-order valence-corrected chi connectivity index (χ0v) is 12.6. The molecule has 1 aromatic rings. The van der Waals surface area contributed by atoms with E-state index >= 15 is 0 Å². The molecule has 0 N–H and O–H groups in total. The van der Waals surface area contributed by atoms with Crippen LogP contribution in [0.4, 0.5) is 13.2 Å². The van der Waals surface area contributed by atoms with E-state index in [2.05, 4.69) is 25.3 Å². The van der Waals surface area contributed by atoms with Gasteiger partial charge in [0.2, 0.25) is 0 Å². The van der Waals surface area contributed by atoms with Gasteiger partial charge in [-0.05, 0) is 0 Å². The molecule has 0 atom stereocenters. The molecule has 6 heteroatoms. The van der Waals surface area contributed by atoms with Crippen molar-refractivity contribution in [3.63, 3.8) is 0 Å². The first kappa shape index (κ1) is 14.8. The minimum absolute atomic E-state index is 0.181. The summed E-state index contributed by atoms with van der Waals surface area (Å²) in [6.07, 6.45) is -4.39. The summed E-state index contributed by atoms with van der Waals surface area (Å²) in [4.78, 5) is 0. The summed E-state index contributed by atoms with van der Waals surface area (Å²) in [5.74, 6) is -0.181. The van der Waals surface area contributed by atoms with E-state index in [1.54, 1.807) is 0 Å². The van der Waals surface area contributed by atoms with Crippen molar-refractivity contribution in [1.29, 1.82) is 0 Å². The fourth-order valence-corrected chi connectivity index (χ4v) is 0.977. The minimum atomic E-state index is -4.39. The van der Waals surface area contributed by atoms with Crippen molar-refractivity contribution >= 4 is 13.6 Å². The molecule has 0 saturated carbocycles. The van der Waals surface area contributed by atoms with E-state index < -0.39 is 11.7 Å². The Bertz CT molecular complexity index is 315. The molecule has 0 unspecified atom stereocenters. The van der Waals surface area contributed by atoms with E-state index in [9.17, 15) is 13.2 Å². The molecule has 0 heterocycles. The Morgan fingerprint density at radius 1 is 1.33 bits per heavy atom. The average molecular weight is 334 g/mol. The summed E-state index contributed by atoms with van der Waals surface area (Å²) < 4.78 is 41.5. The molecule has 0 amide bonds. The summed E-state index contributed by atoms with van der Waals surface area (Å²) in [6, 6.07) is 3.68. The van der Waals surface area contributed by atoms with Gasteiger partial charge in [0.15, 0.2) is 0 Å². The van der Waals surface area contributed by atoms with Crippen LogP contribution < -0.4 is 4.74 Å². The van der Waals surface area contributed by atoms with E-state index in [-0.39, 0.29) is 5.75 Å². The normalized spacial score (nSPS) is 10.3. The number of rotatable bonds is 1. The molecule has 0 aliphatic heterocycles. The third-order valence-corrected chi connectivity index (χ3v) is 1.57. The van der Waals surface area contributed by atoms with Crippen molar-refractivity contribution in [1.82, 2.24) is 0 Å². The molecule has 1 rings (SSSR count). The van der Waals surface area contributed by atoms with Crippen molar-refractivity contribution in [2.75, 3.05) is 7.11 Å². The van der Waals surface area contributed by atoms with E-state index in [1.807, 2.05) is 0 Å². The first-order valence-electron chi connectivity index (χ1n) is 3.79. The summed E-state index contributed by atoms with van der Waals surface area (Å²) >= 11 is 4.25. The van der Waals surface area contributed by atoms with Gasteiger partial charge in [-0.2, -0.15) is 31.7 Å². The first-order valence-corrected chi connectivity index (χ1v) is 10.7. The zero-order valence-electron chi connectivity index (χ0n) is 8.07. The van der Waals surface area contributed by atoms with Gasteiger partial charge in [-0.1, -0.05) is 6.07 Å². The van der Waals surface area contributed by atoms with E-state index in [1.165, 1.54) is 35.6 Å². The number of halogens is 4. The second kappa shape index (κ2) is 6.38. The van der Waals surface area contributed by atoms with Crippen LogP contribution in [0.5, 0.6) is 5.75 Å². The molecule has 80 valence electrons. The SMILES string of the molecule is [CH2-]c1ccc(OC)c(C(F)(F)F)c1.[Zn+][Br]. The van der Waals surface area contributed by atoms with Crippen molar-refractivity contribution in [3.05, 3.63) is 36.2 Å². The van der Waals surface area contributed by atoms with Crippen LogP contribution in [0.3, 0.4) is 0 Å². The number of methoxy groups -OCH3 is 1.